The molecular weight excluding hydrogens is 206 g/mol. The molecule has 1 amide bonds. The Bertz CT molecular complexity index is 367. The Morgan fingerprint density at radius 3 is 3.00 bits per heavy atom. The first kappa shape index (κ1) is 12.4. The lowest BCUT2D eigenvalue weighted by atomic mass is 10.2. The monoisotopic (exact) mass is 223 g/mol. The van der Waals surface area contributed by atoms with Crippen molar-refractivity contribution in [2.75, 3.05) is 6.61 Å². The van der Waals surface area contributed by atoms with Crippen LogP contribution in [0.25, 0.3) is 6.08 Å². The number of aryl methyl sites for hydroxylation is 1. The number of carbonyl (C=O) groups is 1. The lowest BCUT2D eigenvalue weighted by Gasteiger charge is -2.11. The Kier molecular flexibility index (Phi) is 4.72. The first-order valence-electron chi connectivity index (χ1n) is 5.23. The van der Waals surface area contributed by atoms with Crippen LogP contribution in [0.4, 0.5) is 0 Å². The molecule has 1 aromatic heterocycles. The summed E-state index contributed by atoms with van der Waals surface area (Å²) in [6.45, 7) is 1.87. The predicted octanol–water partition coefficient (Wildman–Crippen LogP) is 0.320. The summed E-state index contributed by atoms with van der Waals surface area (Å²) >= 11 is 0. The standard InChI is InChI=1S/C11H17N3O2/c1-3-10(8-15)13-11(16)5-4-9-6-12-14(2)7-9/h4-7,10,15H,3,8H2,1-2H3,(H,13,16)/b5-4+/t10-/m0/s1. The number of amides is 1. The van der Waals surface area contributed by atoms with Gasteiger partial charge in [-0.05, 0) is 12.5 Å². The van der Waals surface area contributed by atoms with Gasteiger partial charge in [0.2, 0.25) is 5.91 Å². The van der Waals surface area contributed by atoms with E-state index < -0.39 is 0 Å². The van der Waals surface area contributed by atoms with E-state index in [1.54, 1.807) is 17.0 Å². The van der Waals surface area contributed by atoms with Gasteiger partial charge in [0.25, 0.3) is 0 Å². The Hall–Kier alpha value is -1.62. The van der Waals surface area contributed by atoms with Crippen molar-refractivity contribution in [2.24, 2.45) is 7.05 Å². The Labute approximate surface area is 94.8 Å². The number of aliphatic hydroxyl groups excluding tert-OH is 1. The molecule has 1 atom stereocenters. The largest absolute Gasteiger partial charge is 0.394 e. The molecule has 0 aliphatic rings. The molecule has 0 aliphatic carbocycles. The number of aromatic nitrogens is 2. The molecule has 0 spiro atoms. The number of hydrogen-bond donors (Lipinski definition) is 2. The fraction of sp³-hybridized carbons (Fsp3) is 0.455. The lowest BCUT2D eigenvalue weighted by Crippen LogP contribution is -2.35. The molecule has 5 nitrogen and oxygen atoms in total. The number of rotatable bonds is 5. The summed E-state index contributed by atoms with van der Waals surface area (Å²) in [4.78, 5) is 11.4. The van der Waals surface area contributed by atoms with Crippen molar-refractivity contribution in [1.29, 1.82) is 0 Å². The Balaban J connectivity index is 2.48. The van der Waals surface area contributed by atoms with Crippen molar-refractivity contribution in [2.45, 2.75) is 19.4 Å². The average Bonchev–Trinajstić information content (AvgIpc) is 2.69. The van der Waals surface area contributed by atoms with E-state index in [4.69, 9.17) is 5.11 Å². The quantitative estimate of drug-likeness (QED) is 0.706. The van der Waals surface area contributed by atoms with E-state index in [2.05, 4.69) is 10.4 Å². The average molecular weight is 223 g/mol. The van der Waals surface area contributed by atoms with Gasteiger partial charge in [-0.3, -0.25) is 9.48 Å². The number of carbonyl (C=O) groups excluding carboxylic acids is 1. The Morgan fingerprint density at radius 1 is 1.75 bits per heavy atom. The molecule has 88 valence electrons. The van der Waals surface area contributed by atoms with Crippen LogP contribution in [0.15, 0.2) is 18.5 Å². The summed E-state index contributed by atoms with van der Waals surface area (Å²) in [5, 5.41) is 15.6. The van der Waals surface area contributed by atoms with Gasteiger partial charge in [-0.1, -0.05) is 6.92 Å². The second kappa shape index (κ2) is 6.07. The van der Waals surface area contributed by atoms with Crippen molar-refractivity contribution in [1.82, 2.24) is 15.1 Å². The van der Waals surface area contributed by atoms with Gasteiger partial charge in [0, 0.05) is 24.9 Å². The van der Waals surface area contributed by atoms with Crippen LogP contribution >= 0.6 is 0 Å². The van der Waals surface area contributed by atoms with Gasteiger partial charge >= 0.3 is 0 Å². The highest BCUT2D eigenvalue weighted by Crippen LogP contribution is 1.99. The van der Waals surface area contributed by atoms with Crippen molar-refractivity contribution < 1.29 is 9.90 Å². The molecule has 16 heavy (non-hydrogen) atoms. The van der Waals surface area contributed by atoms with Gasteiger partial charge in [0.1, 0.15) is 0 Å². The van der Waals surface area contributed by atoms with Crippen LogP contribution < -0.4 is 5.32 Å². The zero-order chi connectivity index (χ0) is 12.0. The maximum atomic E-state index is 11.4. The maximum Gasteiger partial charge on any atom is 0.244 e. The minimum Gasteiger partial charge on any atom is -0.394 e. The molecule has 0 unspecified atom stereocenters. The highest BCUT2D eigenvalue weighted by atomic mass is 16.3. The van der Waals surface area contributed by atoms with Gasteiger partial charge in [-0.25, -0.2) is 0 Å². The van der Waals surface area contributed by atoms with E-state index in [1.807, 2.05) is 20.2 Å². The van der Waals surface area contributed by atoms with E-state index in [0.717, 1.165) is 5.56 Å². The van der Waals surface area contributed by atoms with E-state index in [1.165, 1.54) is 6.08 Å². The summed E-state index contributed by atoms with van der Waals surface area (Å²) in [6.07, 6.45) is 7.32. The van der Waals surface area contributed by atoms with Crippen LogP contribution in [-0.4, -0.2) is 33.4 Å². The second-order valence-electron chi connectivity index (χ2n) is 3.58. The molecule has 1 rings (SSSR count). The predicted molar refractivity (Wildman–Crippen MR) is 61.5 cm³/mol. The van der Waals surface area contributed by atoms with Crippen LogP contribution in [0.5, 0.6) is 0 Å². The summed E-state index contributed by atoms with van der Waals surface area (Å²) in [7, 11) is 1.82. The molecule has 0 saturated carbocycles. The van der Waals surface area contributed by atoms with Gasteiger partial charge in [0.15, 0.2) is 0 Å². The molecular formula is C11H17N3O2. The minimum absolute atomic E-state index is 0.0387. The summed E-state index contributed by atoms with van der Waals surface area (Å²) < 4.78 is 1.67. The van der Waals surface area contributed by atoms with Crippen LogP contribution in [0, 0.1) is 0 Å². The molecule has 0 fully saturated rings. The van der Waals surface area contributed by atoms with Gasteiger partial charge in [-0.2, -0.15) is 5.10 Å². The fourth-order valence-electron chi connectivity index (χ4n) is 1.22. The van der Waals surface area contributed by atoms with Gasteiger partial charge < -0.3 is 10.4 Å². The second-order valence-corrected chi connectivity index (χ2v) is 3.58. The van der Waals surface area contributed by atoms with Crippen molar-refractivity contribution in [3.05, 3.63) is 24.0 Å². The number of nitrogens with one attached hydrogen (secondary N) is 1. The Morgan fingerprint density at radius 2 is 2.50 bits per heavy atom. The number of aliphatic hydroxyl groups is 1. The molecule has 2 N–H and O–H groups in total. The molecule has 0 bridgehead atoms. The lowest BCUT2D eigenvalue weighted by molar-refractivity contribution is -0.117. The SMILES string of the molecule is CC[C@@H](CO)NC(=O)/C=C/c1cnn(C)c1. The first-order valence-corrected chi connectivity index (χ1v) is 5.23. The van der Waals surface area contributed by atoms with Crippen molar-refractivity contribution in [3.8, 4) is 0 Å². The highest BCUT2D eigenvalue weighted by Gasteiger charge is 2.05. The molecule has 0 radical (unpaired) electrons. The van der Waals surface area contributed by atoms with E-state index in [-0.39, 0.29) is 18.6 Å². The van der Waals surface area contributed by atoms with Crippen molar-refractivity contribution >= 4 is 12.0 Å². The van der Waals surface area contributed by atoms with E-state index >= 15 is 0 Å². The van der Waals surface area contributed by atoms with E-state index in [9.17, 15) is 4.79 Å². The molecule has 1 aromatic rings. The number of hydrogen-bond acceptors (Lipinski definition) is 3. The molecule has 0 aromatic carbocycles. The van der Waals surface area contributed by atoms with Gasteiger partial charge in [0.05, 0.1) is 18.8 Å². The maximum absolute atomic E-state index is 11.4. The van der Waals surface area contributed by atoms with Crippen LogP contribution in [0.2, 0.25) is 0 Å². The normalized spacial score (nSPS) is 12.9. The summed E-state index contributed by atoms with van der Waals surface area (Å²) in [5.41, 5.74) is 0.870. The first-order chi connectivity index (χ1) is 7.65. The molecule has 0 saturated heterocycles. The smallest absolute Gasteiger partial charge is 0.244 e. The third-order valence-corrected chi connectivity index (χ3v) is 2.21. The zero-order valence-electron chi connectivity index (χ0n) is 9.55. The molecule has 0 aliphatic heterocycles. The molecule has 5 heteroatoms. The summed E-state index contributed by atoms with van der Waals surface area (Å²) in [6, 6.07) is -0.175. The van der Waals surface area contributed by atoms with E-state index in [0.29, 0.717) is 6.42 Å². The molecule has 1 heterocycles. The third kappa shape index (κ3) is 3.86. The zero-order valence-corrected chi connectivity index (χ0v) is 9.55. The topological polar surface area (TPSA) is 67.2 Å². The number of nitrogens with zero attached hydrogens (tertiary/aromatic N) is 2. The van der Waals surface area contributed by atoms with Crippen molar-refractivity contribution in [3.63, 3.8) is 0 Å². The van der Waals surface area contributed by atoms with Gasteiger partial charge in [-0.15, -0.1) is 0 Å². The fourth-order valence-corrected chi connectivity index (χ4v) is 1.22. The summed E-state index contributed by atoms with van der Waals surface area (Å²) in [5.74, 6) is -0.204. The third-order valence-electron chi connectivity index (χ3n) is 2.21. The van der Waals surface area contributed by atoms with Crippen LogP contribution in [0.3, 0.4) is 0 Å². The highest BCUT2D eigenvalue weighted by molar-refractivity contribution is 5.91. The van der Waals surface area contributed by atoms with Crippen LogP contribution in [0.1, 0.15) is 18.9 Å². The van der Waals surface area contributed by atoms with Crippen LogP contribution in [-0.2, 0) is 11.8 Å². The minimum atomic E-state index is -0.204.